The van der Waals surface area contributed by atoms with Crippen LogP contribution in [0.2, 0.25) is 0 Å². The summed E-state index contributed by atoms with van der Waals surface area (Å²) in [5.41, 5.74) is 6.90. The Morgan fingerprint density at radius 2 is 2.30 bits per heavy atom. The molecule has 0 aliphatic carbocycles. The van der Waals surface area contributed by atoms with Crippen molar-refractivity contribution >= 4 is 33.8 Å². The zero-order valence-corrected chi connectivity index (χ0v) is 12.1. The molecule has 6 nitrogen and oxygen atoms in total. The molecule has 0 fully saturated rings. The molecule has 104 valence electrons. The lowest BCUT2D eigenvalue weighted by Gasteiger charge is -2.12. The summed E-state index contributed by atoms with van der Waals surface area (Å²) in [6, 6.07) is 1.65. The maximum atomic E-state index is 12.4. The molecule has 0 aliphatic heterocycles. The van der Waals surface area contributed by atoms with Gasteiger partial charge in [-0.2, -0.15) is 4.98 Å². The molecule has 0 radical (unpaired) electrons. The highest BCUT2D eigenvalue weighted by Crippen LogP contribution is 2.19. The molecule has 0 bridgehead atoms. The number of anilines is 1. The Bertz CT molecular complexity index is 765. The fraction of sp³-hybridized carbons (Fsp3) is 0.231. The number of pyridine rings is 1. The van der Waals surface area contributed by atoms with Gasteiger partial charge in [0.2, 0.25) is 5.95 Å². The summed E-state index contributed by atoms with van der Waals surface area (Å²) in [5, 5.41) is 10.4. The quantitative estimate of drug-likeness (QED) is 0.664. The lowest BCUT2D eigenvalue weighted by Crippen LogP contribution is -2.26. The van der Waals surface area contributed by atoms with E-state index in [1.54, 1.807) is 13.0 Å². The summed E-state index contributed by atoms with van der Waals surface area (Å²) in [4.78, 5) is 20.7. The first-order chi connectivity index (χ1) is 9.49. The monoisotopic (exact) mass is 289 g/mol. The van der Waals surface area contributed by atoms with Crippen molar-refractivity contribution < 1.29 is 0 Å². The molecule has 2 aromatic rings. The van der Waals surface area contributed by atoms with Crippen molar-refractivity contribution in [2.75, 3.05) is 5.73 Å². The fourth-order valence-corrected chi connectivity index (χ4v) is 2.45. The van der Waals surface area contributed by atoms with Gasteiger partial charge in [-0.15, -0.1) is 0 Å². The van der Waals surface area contributed by atoms with Crippen molar-refractivity contribution in [2.24, 2.45) is 0 Å². The van der Waals surface area contributed by atoms with E-state index in [1.807, 2.05) is 6.92 Å². The van der Waals surface area contributed by atoms with Crippen LogP contribution in [0.25, 0.3) is 11.0 Å². The summed E-state index contributed by atoms with van der Waals surface area (Å²) < 4.78 is 1.51. The lowest BCUT2D eigenvalue weighted by atomic mass is 10.2. The summed E-state index contributed by atoms with van der Waals surface area (Å²) in [6.45, 7) is 7.67. The van der Waals surface area contributed by atoms with Gasteiger partial charge in [-0.05, 0) is 25.3 Å². The number of rotatable bonds is 3. The smallest absolute Gasteiger partial charge is 0.262 e. The minimum absolute atomic E-state index is 0.139. The van der Waals surface area contributed by atoms with Crippen molar-refractivity contribution in [1.82, 2.24) is 14.5 Å². The first kappa shape index (κ1) is 14.3. The highest BCUT2D eigenvalue weighted by Gasteiger charge is 2.15. The average Bonchev–Trinajstić information content (AvgIpc) is 2.38. The molecule has 0 aliphatic rings. The number of aromatic nitrogens is 3. The minimum Gasteiger partial charge on any atom is -0.368 e. The second-order valence-corrected chi connectivity index (χ2v) is 5.10. The Hall–Kier alpha value is -2.15. The van der Waals surface area contributed by atoms with Crippen LogP contribution >= 0.6 is 11.8 Å². The van der Waals surface area contributed by atoms with Gasteiger partial charge in [0.15, 0.2) is 0 Å². The van der Waals surface area contributed by atoms with E-state index in [-0.39, 0.29) is 16.6 Å². The van der Waals surface area contributed by atoms with Gasteiger partial charge >= 0.3 is 0 Å². The maximum Gasteiger partial charge on any atom is 0.262 e. The van der Waals surface area contributed by atoms with Crippen LogP contribution in [0.1, 0.15) is 18.2 Å². The second-order valence-electron chi connectivity index (χ2n) is 4.13. The molecule has 0 saturated heterocycles. The Balaban J connectivity index is 2.87. The summed E-state index contributed by atoms with van der Waals surface area (Å²) in [5.74, 6) is 0.139. The SMILES string of the molecule is C=CSC(=N)c1cc2c(C)nc(N)nc2n(CC)c1=O. The van der Waals surface area contributed by atoms with Crippen molar-refractivity contribution in [3.8, 4) is 0 Å². The van der Waals surface area contributed by atoms with E-state index in [0.29, 0.717) is 23.4 Å². The predicted octanol–water partition coefficient (Wildman–Crippen LogP) is 1.90. The number of nitrogens with two attached hydrogens (primary N) is 1. The second kappa shape index (κ2) is 5.46. The number of thioether (sulfide) groups is 1. The van der Waals surface area contributed by atoms with E-state index < -0.39 is 0 Å². The van der Waals surface area contributed by atoms with Gasteiger partial charge in [-0.25, -0.2) is 4.98 Å². The molecule has 0 saturated carbocycles. The standard InChI is InChI=1S/C13H15N5OS/c1-4-18-11-8(7(3)16-13(15)17-11)6-9(12(18)19)10(14)20-5-2/h5-6,14H,2,4H2,1,3H3,(H2,15,16,17). The summed E-state index contributed by atoms with van der Waals surface area (Å²) in [7, 11) is 0. The number of nitrogens with one attached hydrogen (secondary N) is 1. The van der Waals surface area contributed by atoms with Crippen molar-refractivity contribution in [3.63, 3.8) is 0 Å². The van der Waals surface area contributed by atoms with Gasteiger partial charge < -0.3 is 5.73 Å². The van der Waals surface area contributed by atoms with Crippen LogP contribution in [-0.2, 0) is 6.54 Å². The van der Waals surface area contributed by atoms with Crippen LogP contribution in [0.3, 0.4) is 0 Å². The molecular formula is C13H15N5OS. The lowest BCUT2D eigenvalue weighted by molar-refractivity contribution is 0.747. The van der Waals surface area contributed by atoms with Crippen molar-refractivity contribution in [1.29, 1.82) is 5.41 Å². The van der Waals surface area contributed by atoms with Crippen LogP contribution in [0.15, 0.2) is 22.8 Å². The van der Waals surface area contributed by atoms with E-state index >= 15 is 0 Å². The van der Waals surface area contributed by atoms with E-state index in [9.17, 15) is 4.79 Å². The number of nitrogen functional groups attached to an aromatic ring is 1. The molecule has 7 heteroatoms. The molecular weight excluding hydrogens is 274 g/mol. The molecule has 0 aromatic carbocycles. The van der Waals surface area contributed by atoms with Crippen molar-refractivity contribution in [3.05, 3.63) is 39.7 Å². The Morgan fingerprint density at radius 3 is 2.90 bits per heavy atom. The topological polar surface area (TPSA) is 97.7 Å². The number of hydrogen-bond donors (Lipinski definition) is 2. The number of aryl methyl sites for hydroxylation is 2. The number of nitrogens with zero attached hydrogens (tertiary/aromatic N) is 3. The van der Waals surface area contributed by atoms with Crippen LogP contribution in [0, 0.1) is 12.3 Å². The maximum absolute atomic E-state index is 12.4. The molecule has 0 atom stereocenters. The molecule has 3 N–H and O–H groups in total. The van der Waals surface area contributed by atoms with Gasteiger partial charge in [0.05, 0.1) is 11.3 Å². The van der Waals surface area contributed by atoms with Crippen LogP contribution < -0.4 is 11.3 Å². The Morgan fingerprint density at radius 1 is 1.60 bits per heavy atom. The molecule has 0 amide bonds. The molecule has 0 unspecified atom stereocenters. The molecule has 0 spiro atoms. The third-order valence-corrected chi connectivity index (χ3v) is 3.54. The van der Waals surface area contributed by atoms with Crippen molar-refractivity contribution in [2.45, 2.75) is 20.4 Å². The zero-order valence-electron chi connectivity index (χ0n) is 11.3. The predicted molar refractivity (Wildman–Crippen MR) is 83.2 cm³/mol. The molecule has 2 heterocycles. The Kier molecular flexibility index (Phi) is 3.89. The average molecular weight is 289 g/mol. The first-order valence-corrected chi connectivity index (χ1v) is 6.91. The highest BCUT2D eigenvalue weighted by atomic mass is 32.2. The fourth-order valence-electron chi connectivity index (χ4n) is 2.01. The largest absolute Gasteiger partial charge is 0.368 e. The van der Waals surface area contributed by atoms with Crippen LogP contribution in [0.4, 0.5) is 5.95 Å². The first-order valence-electron chi connectivity index (χ1n) is 6.03. The van der Waals surface area contributed by atoms with Gasteiger partial charge in [0, 0.05) is 11.9 Å². The third kappa shape index (κ3) is 2.32. The summed E-state index contributed by atoms with van der Waals surface area (Å²) >= 11 is 1.10. The van der Waals surface area contributed by atoms with E-state index in [4.69, 9.17) is 11.1 Å². The van der Waals surface area contributed by atoms with E-state index in [2.05, 4.69) is 16.5 Å². The van der Waals surface area contributed by atoms with Gasteiger partial charge in [0.25, 0.3) is 5.56 Å². The van der Waals surface area contributed by atoms with E-state index in [1.165, 1.54) is 9.98 Å². The third-order valence-electron chi connectivity index (χ3n) is 2.92. The molecule has 2 rings (SSSR count). The number of fused-ring (bicyclic) bond motifs is 1. The highest BCUT2D eigenvalue weighted by molar-refractivity contribution is 8.16. The van der Waals surface area contributed by atoms with E-state index in [0.717, 1.165) is 17.1 Å². The van der Waals surface area contributed by atoms with Gasteiger partial charge in [-0.3, -0.25) is 14.8 Å². The van der Waals surface area contributed by atoms with Gasteiger partial charge in [-0.1, -0.05) is 18.3 Å². The summed E-state index contributed by atoms with van der Waals surface area (Å²) in [6.07, 6.45) is 0. The van der Waals surface area contributed by atoms with Crippen LogP contribution in [-0.4, -0.2) is 19.6 Å². The minimum atomic E-state index is -0.253. The van der Waals surface area contributed by atoms with Crippen LogP contribution in [0.5, 0.6) is 0 Å². The van der Waals surface area contributed by atoms with Gasteiger partial charge in [0.1, 0.15) is 10.7 Å². The Labute approximate surface area is 120 Å². The number of hydrogen-bond acceptors (Lipinski definition) is 6. The normalized spacial score (nSPS) is 10.7. The molecule has 20 heavy (non-hydrogen) atoms. The molecule has 2 aromatic heterocycles. The zero-order chi connectivity index (χ0) is 14.9.